The van der Waals surface area contributed by atoms with Crippen molar-refractivity contribution in [3.8, 4) is 23.5 Å². The Morgan fingerprint density at radius 2 is 1.57 bits per heavy atom. The first-order valence-corrected chi connectivity index (χ1v) is 10.7. The topological polar surface area (TPSA) is 49.7 Å². The molecule has 0 amide bonds. The van der Waals surface area contributed by atoms with Crippen molar-refractivity contribution in [2.75, 3.05) is 6.61 Å². The molecule has 3 heteroatoms. The number of rotatable bonds is 5. The van der Waals surface area contributed by atoms with Crippen molar-refractivity contribution >= 4 is 0 Å². The maximum absolute atomic E-state index is 9.82. The first-order valence-electron chi connectivity index (χ1n) is 10.7. The van der Waals surface area contributed by atoms with E-state index < -0.39 is 5.41 Å². The summed E-state index contributed by atoms with van der Waals surface area (Å²) in [5.74, 6) is 4.47. The Kier molecular flexibility index (Phi) is 6.09. The highest BCUT2D eigenvalue weighted by Gasteiger charge is 2.45. The first-order chi connectivity index (χ1) is 14.1. The average Bonchev–Trinajstić information content (AvgIpc) is 2.65. The molecule has 0 saturated heterocycles. The van der Waals surface area contributed by atoms with Crippen LogP contribution in [0.5, 0.6) is 11.5 Å². The van der Waals surface area contributed by atoms with Crippen molar-refractivity contribution < 1.29 is 14.9 Å². The normalized spacial score (nSPS) is 23.3. The lowest BCUT2D eigenvalue weighted by molar-refractivity contribution is 0.126. The zero-order valence-corrected chi connectivity index (χ0v) is 18.8. The fourth-order valence-electron chi connectivity index (χ4n) is 5.28. The molecule has 0 aromatic heterocycles. The van der Waals surface area contributed by atoms with E-state index in [0.29, 0.717) is 18.3 Å². The van der Waals surface area contributed by atoms with E-state index in [0.717, 1.165) is 18.6 Å². The summed E-state index contributed by atoms with van der Waals surface area (Å²) in [7, 11) is 0. The van der Waals surface area contributed by atoms with Gasteiger partial charge in [-0.05, 0) is 79.8 Å². The van der Waals surface area contributed by atoms with Gasteiger partial charge in [0.1, 0.15) is 24.2 Å². The summed E-state index contributed by atoms with van der Waals surface area (Å²) in [6.07, 6.45) is 5.35. The molecule has 2 aromatic rings. The summed E-state index contributed by atoms with van der Waals surface area (Å²) in [5.41, 5.74) is 2.28. The molecule has 3 rings (SSSR count). The third kappa shape index (κ3) is 4.93. The van der Waals surface area contributed by atoms with Gasteiger partial charge < -0.3 is 14.9 Å². The highest BCUT2D eigenvalue weighted by Crippen LogP contribution is 2.53. The molecular formula is C27H34O3. The minimum Gasteiger partial charge on any atom is -0.508 e. The lowest BCUT2D eigenvalue weighted by Crippen LogP contribution is -2.41. The molecule has 2 aromatic carbocycles. The summed E-state index contributed by atoms with van der Waals surface area (Å²) in [5, 5.41) is 18.7. The predicted octanol–water partition coefficient (Wildman–Crippen LogP) is 6.26. The molecule has 3 nitrogen and oxygen atoms in total. The van der Waals surface area contributed by atoms with Crippen molar-refractivity contribution in [2.45, 2.75) is 59.3 Å². The van der Waals surface area contributed by atoms with E-state index in [1.807, 2.05) is 32.1 Å². The van der Waals surface area contributed by atoms with E-state index in [4.69, 9.17) is 9.84 Å². The van der Waals surface area contributed by atoms with Crippen LogP contribution in [0.2, 0.25) is 0 Å². The Labute approximate surface area is 181 Å². The van der Waals surface area contributed by atoms with Crippen molar-refractivity contribution in [2.24, 2.45) is 16.7 Å². The molecule has 1 fully saturated rings. The van der Waals surface area contributed by atoms with Crippen LogP contribution in [-0.2, 0) is 5.41 Å². The standard InChI is InChI=1S/C27H34O3/c1-20-16-26(4,5)18-27(17-20,21-6-10-23(29)11-7-21)22-8-12-24(13-9-22)30-19-25(2,3)14-15-28/h6-13,20,28-29H,16-19H2,1-5H3. The SMILES string of the molecule is CC1CC(C)(C)CC(c2ccc(O)cc2)(c2ccc(OCC(C)(C)C#CO)cc2)C1. The quantitative estimate of drug-likeness (QED) is 0.576. The van der Waals surface area contributed by atoms with Crippen molar-refractivity contribution in [3.63, 3.8) is 0 Å². The Bertz CT molecular complexity index is 913. The molecule has 0 heterocycles. The molecular weight excluding hydrogens is 372 g/mol. The molecule has 2 unspecified atom stereocenters. The van der Waals surface area contributed by atoms with E-state index in [2.05, 4.69) is 51.0 Å². The second-order valence-electron chi connectivity index (χ2n) is 10.4. The molecule has 0 aliphatic heterocycles. The second kappa shape index (κ2) is 8.26. The third-order valence-electron chi connectivity index (χ3n) is 6.20. The molecule has 1 aliphatic carbocycles. The van der Waals surface area contributed by atoms with Crippen molar-refractivity contribution in [1.29, 1.82) is 0 Å². The second-order valence-corrected chi connectivity index (χ2v) is 10.4. The molecule has 2 atom stereocenters. The summed E-state index contributed by atoms with van der Waals surface area (Å²) >= 11 is 0. The smallest absolute Gasteiger partial charge is 0.119 e. The van der Waals surface area contributed by atoms with E-state index in [9.17, 15) is 5.11 Å². The van der Waals surface area contributed by atoms with Crippen molar-refractivity contribution in [1.82, 2.24) is 0 Å². The fraction of sp³-hybridized carbons (Fsp3) is 0.481. The lowest BCUT2D eigenvalue weighted by Gasteiger charge is -2.48. The van der Waals surface area contributed by atoms with Gasteiger partial charge in [0.15, 0.2) is 0 Å². The van der Waals surface area contributed by atoms with Gasteiger partial charge >= 0.3 is 0 Å². The third-order valence-corrected chi connectivity index (χ3v) is 6.20. The number of aromatic hydroxyl groups is 1. The van der Waals surface area contributed by atoms with Crippen molar-refractivity contribution in [3.05, 3.63) is 59.7 Å². The average molecular weight is 407 g/mol. The van der Waals surface area contributed by atoms with Crippen LogP contribution in [-0.4, -0.2) is 16.8 Å². The van der Waals surface area contributed by atoms with E-state index in [-0.39, 0.29) is 10.8 Å². The van der Waals surface area contributed by atoms with E-state index >= 15 is 0 Å². The molecule has 1 saturated carbocycles. The molecule has 2 N–H and O–H groups in total. The molecule has 0 radical (unpaired) electrons. The van der Waals surface area contributed by atoms with Gasteiger partial charge in [-0.1, -0.05) is 51.0 Å². The van der Waals surface area contributed by atoms with E-state index in [1.54, 1.807) is 12.1 Å². The maximum Gasteiger partial charge on any atom is 0.119 e. The number of phenolic OH excluding ortho intramolecular Hbond substituents is 1. The van der Waals surface area contributed by atoms with Gasteiger partial charge in [-0.2, -0.15) is 0 Å². The maximum atomic E-state index is 9.82. The van der Waals surface area contributed by atoms with Crippen LogP contribution >= 0.6 is 0 Å². The summed E-state index contributed by atoms with van der Waals surface area (Å²) < 4.78 is 5.94. The minimum absolute atomic E-state index is 0.0883. The summed E-state index contributed by atoms with van der Waals surface area (Å²) in [6.45, 7) is 11.4. The van der Waals surface area contributed by atoms with Gasteiger partial charge in [0, 0.05) is 5.41 Å². The Morgan fingerprint density at radius 3 is 2.10 bits per heavy atom. The predicted molar refractivity (Wildman–Crippen MR) is 121 cm³/mol. The largest absolute Gasteiger partial charge is 0.508 e. The van der Waals surface area contributed by atoms with Crippen LogP contribution in [0.25, 0.3) is 0 Å². The Hall–Kier alpha value is -2.60. The van der Waals surface area contributed by atoms with Crippen LogP contribution in [0, 0.1) is 28.8 Å². The van der Waals surface area contributed by atoms with Gasteiger partial charge in [0.05, 0.1) is 5.41 Å². The van der Waals surface area contributed by atoms with Crippen LogP contribution in [0.3, 0.4) is 0 Å². The zero-order valence-electron chi connectivity index (χ0n) is 18.8. The Balaban J connectivity index is 1.94. The first kappa shape index (κ1) is 22.1. The zero-order chi connectivity index (χ0) is 22.0. The minimum atomic E-state index is -0.413. The summed E-state index contributed by atoms with van der Waals surface area (Å²) in [6, 6.07) is 16.2. The number of phenols is 1. The molecule has 0 spiro atoms. The number of aliphatic hydroxyl groups excluding tert-OH is 1. The van der Waals surface area contributed by atoms with Crippen LogP contribution in [0.15, 0.2) is 48.5 Å². The highest BCUT2D eigenvalue weighted by atomic mass is 16.5. The molecule has 0 bridgehead atoms. The number of aliphatic hydroxyl groups is 1. The monoisotopic (exact) mass is 406 g/mol. The molecule has 1 aliphatic rings. The van der Waals surface area contributed by atoms with Gasteiger partial charge in [-0.15, -0.1) is 0 Å². The van der Waals surface area contributed by atoms with E-state index in [1.165, 1.54) is 17.5 Å². The van der Waals surface area contributed by atoms with Crippen LogP contribution < -0.4 is 4.74 Å². The number of benzene rings is 2. The Morgan fingerprint density at radius 1 is 1.00 bits per heavy atom. The number of hydrogen-bond donors (Lipinski definition) is 2. The van der Waals surface area contributed by atoms with Gasteiger partial charge in [0.25, 0.3) is 0 Å². The summed E-state index contributed by atoms with van der Waals surface area (Å²) in [4.78, 5) is 0. The van der Waals surface area contributed by atoms with Crippen LogP contribution in [0.4, 0.5) is 0 Å². The van der Waals surface area contributed by atoms with Gasteiger partial charge in [0.2, 0.25) is 0 Å². The molecule has 30 heavy (non-hydrogen) atoms. The highest BCUT2D eigenvalue weighted by molar-refractivity contribution is 5.44. The van der Waals surface area contributed by atoms with Gasteiger partial charge in [-0.3, -0.25) is 0 Å². The molecule has 160 valence electrons. The number of ether oxygens (including phenoxy) is 1. The lowest BCUT2D eigenvalue weighted by atomic mass is 9.55. The number of hydrogen-bond acceptors (Lipinski definition) is 3. The fourth-order valence-corrected chi connectivity index (χ4v) is 5.28. The van der Waals surface area contributed by atoms with Gasteiger partial charge in [-0.25, -0.2) is 0 Å². The van der Waals surface area contributed by atoms with Crippen LogP contribution in [0.1, 0.15) is 65.0 Å².